The van der Waals surface area contributed by atoms with Crippen molar-refractivity contribution in [2.45, 2.75) is 20.8 Å². The number of anilines is 1. The van der Waals surface area contributed by atoms with Gasteiger partial charge in [0.2, 0.25) is 5.95 Å². The van der Waals surface area contributed by atoms with E-state index in [9.17, 15) is 4.79 Å². The Hall–Kier alpha value is -1.46. The van der Waals surface area contributed by atoms with Crippen LogP contribution in [0.2, 0.25) is 5.15 Å². The maximum absolute atomic E-state index is 12.0. The number of thiophene rings is 1. The van der Waals surface area contributed by atoms with E-state index in [1.54, 1.807) is 13.0 Å². The highest BCUT2D eigenvalue weighted by Crippen LogP contribution is 2.21. The average Bonchev–Trinajstić information content (AvgIpc) is 2.57. The first kappa shape index (κ1) is 13.0. The smallest absolute Gasteiger partial charge is 0.268 e. The summed E-state index contributed by atoms with van der Waals surface area (Å²) in [5, 5.41) is 2.96. The zero-order valence-electron chi connectivity index (χ0n) is 10.2. The molecule has 94 valence electrons. The largest absolute Gasteiger partial charge is 0.290 e. The van der Waals surface area contributed by atoms with Gasteiger partial charge in [-0.1, -0.05) is 11.6 Å². The lowest BCUT2D eigenvalue weighted by molar-refractivity contribution is 0.102. The molecule has 0 aliphatic carbocycles. The number of rotatable bonds is 2. The van der Waals surface area contributed by atoms with E-state index in [4.69, 9.17) is 11.6 Å². The first-order valence-corrected chi connectivity index (χ1v) is 6.54. The Morgan fingerprint density at radius 1 is 1.28 bits per heavy atom. The zero-order chi connectivity index (χ0) is 13.3. The van der Waals surface area contributed by atoms with Crippen molar-refractivity contribution in [1.82, 2.24) is 9.97 Å². The summed E-state index contributed by atoms with van der Waals surface area (Å²) in [6.45, 7) is 5.75. The van der Waals surface area contributed by atoms with Crippen molar-refractivity contribution in [2.24, 2.45) is 0 Å². The third-order valence-electron chi connectivity index (χ3n) is 2.44. The molecule has 4 nitrogen and oxygen atoms in total. The molecule has 0 bridgehead atoms. The second-order valence-electron chi connectivity index (χ2n) is 3.96. The molecule has 1 N–H and O–H groups in total. The fourth-order valence-electron chi connectivity index (χ4n) is 1.43. The molecule has 0 atom stereocenters. The first-order chi connectivity index (χ1) is 8.45. The van der Waals surface area contributed by atoms with Crippen molar-refractivity contribution in [3.05, 3.63) is 38.3 Å². The van der Waals surface area contributed by atoms with Gasteiger partial charge in [0.15, 0.2) is 0 Å². The Balaban J connectivity index is 2.21. The third kappa shape index (κ3) is 2.86. The van der Waals surface area contributed by atoms with Crippen LogP contribution in [0, 0.1) is 20.8 Å². The third-order valence-corrected chi connectivity index (χ3v) is 3.78. The second kappa shape index (κ2) is 5.04. The predicted octanol–water partition coefficient (Wildman–Crippen LogP) is 3.37. The maximum Gasteiger partial charge on any atom is 0.268 e. The van der Waals surface area contributed by atoms with Crippen molar-refractivity contribution in [3.63, 3.8) is 0 Å². The molecular formula is C12H12ClN3OS. The van der Waals surface area contributed by atoms with Crippen molar-refractivity contribution in [2.75, 3.05) is 5.32 Å². The summed E-state index contributed by atoms with van der Waals surface area (Å²) >= 11 is 7.26. The topological polar surface area (TPSA) is 54.9 Å². The molecule has 0 spiro atoms. The number of nitrogens with one attached hydrogen (secondary N) is 1. The van der Waals surface area contributed by atoms with Crippen molar-refractivity contribution < 1.29 is 4.79 Å². The maximum atomic E-state index is 12.0. The van der Waals surface area contributed by atoms with Crippen molar-refractivity contribution in [1.29, 1.82) is 0 Å². The average molecular weight is 282 g/mol. The molecule has 0 aliphatic heterocycles. The summed E-state index contributed by atoms with van der Waals surface area (Å²) in [7, 11) is 0. The van der Waals surface area contributed by atoms with Gasteiger partial charge in [-0.2, -0.15) is 0 Å². The van der Waals surface area contributed by atoms with Gasteiger partial charge in [-0.15, -0.1) is 11.3 Å². The van der Waals surface area contributed by atoms with Gasteiger partial charge >= 0.3 is 0 Å². The number of carbonyl (C=O) groups is 1. The number of halogens is 1. The lowest BCUT2D eigenvalue weighted by atomic mass is 10.3. The van der Waals surface area contributed by atoms with Crippen LogP contribution in [0.4, 0.5) is 5.95 Å². The Bertz CT molecular complexity index is 570. The summed E-state index contributed by atoms with van der Waals surface area (Å²) in [6, 6.07) is 3.49. The van der Waals surface area contributed by atoms with Crippen LogP contribution in [-0.2, 0) is 0 Å². The lowest BCUT2D eigenvalue weighted by Crippen LogP contribution is -2.13. The molecular weight excluding hydrogens is 270 g/mol. The quantitative estimate of drug-likeness (QED) is 0.859. The Morgan fingerprint density at radius 2 is 2.00 bits per heavy atom. The first-order valence-electron chi connectivity index (χ1n) is 5.35. The minimum absolute atomic E-state index is 0.210. The van der Waals surface area contributed by atoms with Crippen LogP contribution in [-0.4, -0.2) is 15.9 Å². The number of amides is 1. The van der Waals surface area contributed by atoms with E-state index in [1.807, 2.05) is 19.9 Å². The molecule has 2 aromatic heterocycles. The van der Waals surface area contributed by atoms with E-state index in [1.165, 1.54) is 11.3 Å². The Morgan fingerprint density at radius 3 is 2.56 bits per heavy atom. The van der Waals surface area contributed by atoms with E-state index >= 15 is 0 Å². The monoisotopic (exact) mass is 281 g/mol. The van der Waals surface area contributed by atoms with E-state index in [2.05, 4.69) is 15.3 Å². The molecule has 0 saturated carbocycles. The number of aryl methyl sites for hydroxylation is 3. The Kier molecular flexibility index (Phi) is 3.63. The minimum atomic E-state index is -0.210. The van der Waals surface area contributed by atoms with Gasteiger partial charge in [-0.05, 0) is 38.5 Å². The molecule has 0 unspecified atom stereocenters. The van der Waals surface area contributed by atoms with Crippen molar-refractivity contribution >= 4 is 34.8 Å². The molecule has 2 aromatic rings. The van der Waals surface area contributed by atoms with Crippen LogP contribution in [0.5, 0.6) is 0 Å². The van der Waals surface area contributed by atoms with Crippen LogP contribution >= 0.6 is 22.9 Å². The highest BCUT2D eigenvalue weighted by atomic mass is 35.5. The number of hydrogen-bond acceptors (Lipinski definition) is 4. The number of carbonyl (C=O) groups excluding carboxylic acids is 1. The van der Waals surface area contributed by atoms with Crippen LogP contribution in [0.15, 0.2) is 12.1 Å². The van der Waals surface area contributed by atoms with Crippen LogP contribution in [0.25, 0.3) is 0 Å². The fourth-order valence-corrected chi connectivity index (χ4v) is 2.60. The molecule has 2 heterocycles. The SMILES string of the molecule is Cc1cc(Cl)nc(NC(=O)c2cc(C)c(C)s2)n1. The van der Waals surface area contributed by atoms with Gasteiger partial charge in [-0.25, -0.2) is 9.97 Å². The lowest BCUT2D eigenvalue weighted by Gasteiger charge is -2.03. The van der Waals surface area contributed by atoms with Gasteiger partial charge in [-0.3, -0.25) is 10.1 Å². The predicted molar refractivity (Wildman–Crippen MR) is 73.5 cm³/mol. The summed E-state index contributed by atoms with van der Waals surface area (Å²) < 4.78 is 0. The summed E-state index contributed by atoms with van der Waals surface area (Å²) in [4.78, 5) is 21.8. The van der Waals surface area contributed by atoms with E-state index in [0.29, 0.717) is 15.7 Å². The summed E-state index contributed by atoms with van der Waals surface area (Å²) in [5.74, 6) is 0.0200. The standard InChI is InChI=1S/C12H12ClN3OS/c1-6-4-9(18-8(6)3)11(17)16-12-14-7(2)5-10(13)15-12/h4-5H,1-3H3,(H,14,15,16,17). The molecule has 0 saturated heterocycles. The molecule has 0 aliphatic rings. The molecule has 0 fully saturated rings. The normalized spacial score (nSPS) is 10.4. The van der Waals surface area contributed by atoms with Crippen LogP contribution in [0.3, 0.4) is 0 Å². The van der Waals surface area contributed by atoms with Crippen molar-refractivity contribution in [3.8, 4) is 0 Å². The number of hydrogen-bond donors (Lipinski definition) is 1. The number of nitrogens with zero attached hydrogens (tertiary/aromatic N) is 2. The van der Waals surface area contributed by atoms with Gasteiger partial charge in [0.1, 0.15) is 5.15 Å². The van der Waals surface area contributed by atoms with Gasteiger partial charge in [0, 0.05) is 10.6 Å². The van der Waals surface area contributed by atoms with Crippen LogP contribution in [0.1, 0.15) is 25.8 Å². The summed E-state index contributed by atoms with van der Waals surface area (Å²) in [5.41, 5.74) is 1.82. The second-order valence-corrected chi connectivity index (χ2v) is 5.60. The van der Waals surface area contributed by atoms with E-state index < -0.39 is 0 Å². The summed E-state index contributed by atoms with van der Waals surface area (Å²) in [6.07, 6.45) is 0. The van der Waals surface area contributed by atoms with Gasteiger partial charge < -0.3 is 0 Å². The molecule has 6 heteroatoms. The highest BCUT2D eigenvalue weighted by Gasteiger charge is 2.12. The molecule has 18 heavy (non-hydrogen) atoms. The number of aromatic nitrogens is 2. The van der Waals surface area contributed by atoms with Gasteiger partial charge in [0.05, 0.1) is 4.88 Å². The van der Waals surface area contributed by atoms with E-state index in [-0.39, 0.29) is 11.9 Å². The van der Waals surface area contributed by atoms with Gasteiger partial charge in [0.25, 0.3) is 5.91 Å². The fraction of sp³-hybridized carbons (Fsp3) is 0.250. The molecule has 0 aromatic carbocycles. The molecule has 2 rings (SSSR count). The molecule has 0 radical (unpaired) electrons. The van der Waals surface area contributed by atoms with Crippen LogP contribution < -0.4 is 5.32 Å². The minimum Gasteiger partial charge on any atom is -0.290 e. The zero-order valence-corrected chi connectivity index (χ0v) is 11.8. The van der Waals surface area contributed by atoms with E-state index in [0.717, 1.165) is 10.4 Å². The highest BCUT2D eigenvalue weighted by molar-refractivity contribution is 7.14. The molecule has 1 amide bonds. The Labute approximate surface area is 114 Å².